The molecule has 0 aromatic heterocycles. The third-order valence-corrected chi connectivity index (χ3v) is 5.29. The monoisotopic (exact) mass is 258 g/mol. The van der Waals surface area contributed by atoms with Gasteiger partial charge in [0.1, 0.15) is 0 Å². The minimum Gasteiger partial charge on any atom is -0.294 e. The van der Waals surface area contributed by atoms with Gasteiger partial charge in [-0.15, -0.1) is 0 Å². The van der Waals surface area contributed by atoms with Gasteiger partial charge in [-0.1, -0.05) is 23.8 Å². The van der Waals surface area contributed by atoms with E-state index in [2.05, 4.69) is 12.2 Å². The van der Waals surface area contributed by atoms with Crippen molar-refractivity contribution in [3.63, 3.8) is 0 Å². The number of hydrogen-bond acceptors (Lipinski definition) is 1. The van der Waals surface area contributed by atoms with Gasteiger partial charge in [0.15, 0.2) is 5.78 Å². The summed E-state index contributed by atoms with van der Waals surface area (Å²) >= 11 is 6.07. The molecule has 2 bridgehead atoms. The highest BCUT2D eigenvalue weighted by atomic mass is 35.5. The Morgan fingerprint density at radius 1 is 1.22 bits per heavy atom. The first-order valence-electron chi connectivity index (χ1n) is 6.66. The van der Waals surface area contributed by atoms with Crippen LogP contribution in [0.1, 0.15) is 35.2 Å². The maximum Gasteiger partial charge on any atom is 0.163 e. The van der Waals surface area contributed by atoms with E-state index in [9.17, 15) is 4.79 Å². The summed E-state index contributed by atoms with van der Waals surface area (Å²) < 4.78 is 0. The molecule has 1 saturated carbocycles. The standard InChI is InChI=1S/C16H15ClO/c17-13-3-4-14-11(6-13)8-16(9-15(14)18)7-10-1-2-12(16)5-10/h1-4,6,10,12H,5,7-9H2. The molecule has 0 radical (unpaired) electrons. The van der Waals surface area contributed by atoms with Crippen LogP contribution >= 0.6 is 11.6 Å². The molecule has 92 valence electrons. The van der Waals surface area contributed by atoms with E-state index in [1.54, 1.807) is 0 Å². The molecule has 3 atom stereocenters. The SMILES string of the molecule is O=C1CC2(Cc3cc(Cl)ccc31)CC1C=CC2C1. The molecule has 0 amide bonds. The largest absolute Gasteiger partial charge is 0.294 e. The molecule has 1 spiro atoms. The lowest BCUT2D eigenvalue weighted by molar-refractivity contribution is 0.0848. The van der Waals surface area contributed by atoms with E-state index in [1.165, 1.54) is 18.4 Å². The average molecular weight is 259 g/mol. The lowest BCUT2D eigenvalue weighted by atomic mass is 9.64. The van der Waals surface area contributed by atoms with Crippen LogP contribution in [0.25, 0.3) is 0 Å². The number of Topliss-reactive ketones (excluding diaryl/α,β-unsaturated/α-hetero) is 1. The van der Waals surface area contributed by atoms with Crippen LogP contribution in [-0.2, 0) is 6.42 Å². The molecule has 3 aliphatic rings. The molecule has 0 N–H and O–H groups in total. The van der Waals surface area contributed by atoms with Gasteiger partial charge in [0.05, 0.1) is 0 Å². The normalized spacial score (nSPS) is 36.4. The van der Waals surface area contributed by atoms with E-state index in [0.717, 1.165) is 23.4 Å². The Morgan fingerprint density at radius 2 is 2.11 bits per heavy atom. The second kappa shape index (κ2) is 3.48. The Balaban J connectivity index is 1.80. The number of halogens is 1. The highest BCUT2D eigenvalue weighted by molar-refractivity contribution is 6.30. The van der Waals surface area contributed by atoms with Gasteiger partial charge in [-0.05, 0) is 60.3 Å². The van der Waals surface area contributed by atoms with Crippen molar-refractivity contribution >= 4 is 17.4 Å². The zero-order chi connectivity index (χ0) is 12.3. The van der Waals surface area contributed by atoms with Crippen LogP contribution in [0, 0.1) is 17.3 Å². The van der Waals surface area contributed by atoms with Crippen LogP contribution in [0.4, 0.5) is 0 Å². The van der Waals surface area contributed by atoms with Crippen LogP contribution in [0.5, 0.6) is 0 Å². The molecule has 0 aliphatic heterocycles. The van der Waals surface area contributed by atoms with Gasteiger partial charge in [-0.25, -0.2) is 0 Å². The summed E-state index contributed by atoms with van der Waals surface area (Å²) in [6.45, 7) is 0. The summed E-state index contributed by atoms with van der Waals surface area (Å²) in [5.74, 6) is 1.64. The van der Waals surface area contributed by atoms with E-state index < -0.39 is 0 Å². The molecule has 1 aromatic carbocycles. The van der Waals surface area contributed by atoms with Gasteiger partial charge in [0, 0.05) is 17.0 Å². The zero-order valence-electron chi connectivity index (χ0n) is 10.2. The number of allylic oxidation sites excluding steroid dienone is 2. The first-order chi connectivity index (χ1) is 8.66. The molecule has 3 unspecified atom stereocenters. The predicted molar refractivity (Wildman–Crippen MR) is 71.9 cm³/mol. The van der Waals surface area contributed by atoms with E-state index in [0.29, 0.717) is 17.6 Å². The number of hydrogen-bond donors (Lipinski definition) is 0. The molecule has 1 aromatic rings. The minimum atomic E-state index is 0.203. The Bertz CT molecular complexity index is 574. The van der Waals surface area contributed by atoms with Gasteiger partial charge >= 0.3 is 0 Å². The van der Waals surface area contributed by atoms with E-state index in [1.807, 2.05) is 18.2 Å². The maximum atomic E-state index is 12.4. The van der Waals surface area contributed by atoms with Crippen molar-refractivity contribution in [3.05, 3.63) is 46.5 Å². The Morgan fingerprint density at radius 3 is 2.83 bits per heavy atom. The summed E-state index contributed by atoms with van der Waals surface area (Å²) in [4.78, 5) is 12.4. The fourth-order valence-electron chi connectivity index (χ4n) is 4.30. The van der Waals surface area contributed by atoms with Crippen LogP contribution < -0.4 is 0 Å². The van der Waals surface area contributed by atoms with Gasteiger partial charge < -0.3 is 0 Å². The third kappa shape index (κ3) is 1.37. The highest BCUT2D eigenvalue weighted by Gasteiger charge is 2.51. The maximum absolute atomic E-state index is 12.4. The molecular formula is C16H15ClO. The number of fused-ring (bicyclic) bond motifs is 4. The summed E-state index contributed by atoms with van der Waals surface area (Å²) in [6.07, 6.45) is 8.88. The first kappa shape index (κ1) is 10.8. The van der Waals surface area contributed by atoms with Crippen LogP contribution in [0.15, 0.2) is 30.4 Å². The predicted octanol–water partition coefficient (Wildman–Crippen LogP) is 4.05. The second-order valence-electron chi connectivity index (χ2n) is 6.13. The summed E-state index contributed by atoms with van der Waals surface area (Å²) in [5.41, 5.74) is 2.27. The summed E-state index contributed by atoms with van der Waals surface area (Å²) in [7, 11) is 0. The van der Waals surface area contributed by atoms with Crippen molar-refractivity contribution in [2.24, 2.45) is 17.3 Å². The molecule has 1 nitrogen and oxygen atoms in total. The fraction of sp³-hybridized carbons (Fsp3) is 0.438. The number of ketones is 1. The van der Waals surface area contributed by atoms with Crippen molar-refractivity contribution in [2.45, 2.75) is 25.7 Å². The summed E-state index contributed by atoms with van der Waals surface area (Å²) in [6, 6.07) is 5.72. The van der Waals surface area contributed by atoms with E-state index in [-0.39, 0.29) is 5.41 Å². The van der Waals surface area contributed by atoms with Crippen molar-refractivity contribution in [3.8, 4) is 0 Å². The zero-order valence-corrected chi connectivity index (χ0v) is 10.9. The highest BCUT2D eigenvalue weighted by Crippen LogP contribution is 2.57. The Labute approximate surface area is 112 Å². The lowest BCUT2D eigenvalue weighted by Crippen LogP contribution is -2.35. The van der Waals surface area contributed by atoms with Gasteiger partial charge in [0.25, 0.3) is 0 Å². The Kier molecular flexibility index (Phi) is 2.09. The van der Waals surface area contributed by atoms with Gasteiger partial charge in [0.2, 0.25) is 0 Å². The molecular weight excluding hydrogens is 244 g/mol. The second-order valence-corrected chi connectivity index (χ2v) is 6.57. The van der Waals surface area contributed by atoms with Crippen molar-refractivity contribution in [1.82, 2.24) is 0 Å². The molecule has 3 aliphatic carbocycles. The molecule has 0 saturated heterocycles. The van der Waals surface area contributed by atoms with Gasteiger partial charge in [-0.3, -0.25) is 4.79 Å². The van der Waals surface area contributed by atoms with E-state index in [4.69, 9.17) is 11.6 Å². The lowest BCUT2D eigenvalue weighted by Gasteiger charge is -2.39. The number of benzene rings is 1. The quantitative estimate of drug-likeness (QED) is 0.642. The van der Waals surface area contributed by atoms with Crippen LogP contribution in [0.3, 0.4) is 0 Å². The Hall–Kier alpha value is -1.08. The van der Waals surface area contributed by atoms with Crippen LogP contribution in [0.2, 0.25) is 5.02 Å². The van der Waals surface area contributed by atoms with Crippen molar-refractivity contribution < 1.29 is 4.79 Å². The summed E-state index contributed by atoms with van der Waals surface area (Å²) in [5, 5.41) is 0.747. The number of carbonyl (C=O) groups excluding carboxylic acids is 1. The molecule has 1 fully saturated rings. The first-order valence-corrected chi connectivity index (χ1v) is 7.04. The molecule has 2 heteroatoms. The molecule has 4 rings (SSSR count). The van der Waals surface area contributed by atoms with Crippen LogP contribution in [-0.4, -0.2) is 5.78 Å². The van der Waals surface area contributed by atoms with E-state index >= 15 is 0 Å². The smallest absolute Gasteiger partial charge is 0.163 e. The topological polar surface area (TPSA) is 17.1 Å². The minimum absolute atomic E-state index is 0.203. The molecule has 0 heterocycles. The number of rotatable bonds is 0. The average Bonchev–Trinajstić information content (AvgIpc) is 2.88. The number of carbonyl (C=O) groups is 1. The van der Waals surface area contributed by atoms with Gasteiger partial charge in [-0.2, -0.15) is 0 Å². The van der Waals surface area contributed by atoms with Crippen molar-refractivity contribution in [2.75, 3.05) is 0 Å². The fourth-order valence-corrected chi connectivity index (χ4v) is 4.49. The third-order valence-electron chi connectivity index (χ3n) is 5.05. The molecule has 18 heavy (non-hydrogen) atoms. The van der Waals surface area contributed by atoms with Crippen molar-refractivity contribution in [1.29, 1.82) is 0 Å².